The van der Waals surface area contributed by atoms with Gasteiger partial charge in [-0.25, -0.2) is 0 Å². The quantitative estimate of drug-likeness (QED) is 0.905. The fraction of sp³-hybridized carbons (Fsp3) is 0.316. The van der Waals surface area contributed by atoms with Crippen molar-refractivity contribution in [3.63, 3.8) is 0 Å². The number of aryl methyl sites for hydroxylation is 1. The maximum absolute atomic E-state index is 12.4. The van der Waals surface area contributed by atoms with Crippen LogP contribution in [0, 0.1) is 12.8 Å². The fourth-order valence-corrected chi connectivity index (χ4v) is 2.96. The SMILES string of the molecule is COc1ccc(C)cc1N1CC(C(=O)NCc2cccnc2)CC1=O. The minimum atomic E-state index is -0.366. The number of ether oxygens (including phenoxy) is 1. The first-order valence-corrected chi connectivity index (χ1v) is 8.20. The van der Waals surface area contributed by atoms with Crippen LogP contribution in [-0.2, 0) is 16.1 Å². The van der Waals surface area contributed by atoms with Gasteiger partial charge in [-0.3, -0.25) is 14.6 Å². The van der Waals surface area contributed by atoms with E-state index in [1.165, 1.54) is 0 Å². The van der Waals surface area contributed by atoms with Crippen LogP contribution in [-0.4, -0.2) is 30.5 Å². The molecule has 2 heterocycles. The summed E-state index contributed by atoms with van der Waals surface area (Å²) in [5, 5.41) is 2.88. The lowest BCUT2D eigenvalue weighted by Gasteiger charge is -2.20. The lowest BCUT2D eigenvalue weighted by molar-refractivity contribution is -0.126. The van der Waals surface area contributed by atoms with Gasteiger partial charge < -0.3 is 15.0 Å². The lowest BCUT2D eigenvalue weighted by Crippen LogP contribution is -2.32. The second-order valence-corrected chi connectivity index (χ2v) is 6.16. The molecular formula is C19H21N3O3. The number of amides is 2. The Labute approximate surface area is 146 Å². The average Bonchev–Trinajstić information content (AvgIpc) is 3.02. The first kappa shape index (κ1) is 17.0. The van der Waals surface area contributed by atoms with E-state index in [0.717, 1.165) is 16.8 Å². The molecule has 1 unspecified atom stereocenters. The fourth-order valence-electron chi connectivity index (χ4n) is 2.96. The Morgan fingerprint density at radius 3 is 2.96 bits per heavy atom. The van der Waals surface area contributed by atoms with Crippen molar-refractivity contribution in [3.8, 4) is 5.75 Å². The number of hydrogen-bond donors (Lipinski definition) is 1. The summed E-state index contributed by atoms with van der Waals surface area (Å²) < 4.78 is 5.36. The second kappa shape index (κ2) is 7.34. The van der Waals surface area contributed by atoms with Gasteiger partial charge in [0.2, 0.25) is 11.8 Å². The standard InChI is InChI=1S/C19H21N3O3/c1-13-5-6-17(25-2)16(8-13)22-12-15(9-18(22)23)19(24)21-11-14-4-3-7-20-10-14/h3-8,10,15H,9,11-12H2,1-2H3,(H,21,24). The van der Waals surface area contributed by atoms with Gasteiger partial charge in [0.05, 0.1) is 18.7 Å². The van der Waals surface area contributed by atoms with Crippen molar-refractivity contribution in [2.75, 3.05) is 18.6 Å². The Balaban J connectivity index is 1.68. The molecule has 2 amide bonds. The van der Waals surface area contributed by atoms with Crippen LogP contribution in [0.1, 0.15) is 17.5 Å². The molecule has 1 atom stereocenters. The molecule has 1 aromatic carbocycles. The molecular weight excluding hydrogens is 318 g/mol. The summed E-state index contributed by atoms with van der Waals surface area (Å²) >= 11 is 0. The van der Waals surface area contributed by atoms with Crippen molar-refractivity contribution < 1.29 is 14.3 Å². The van der Waals surface area contributed by atoms with Crippen molar-refractivity contribution in [1.29, 1.82) is 0 Å². The highest BCUT2D eigenvalue weighted by molar-refractivity contribution is 6.01. The maximum Gasteiger partial charge on any atom is 0.227 e. The predicted octanol–water partition coefficient (Wildman–Crippen LogP) is 2.07. The molecule has 1 saturated heterocycles. The summed E-state index contributed by atoms with van der Waals surface area (Å²) in [4.78, 5) is 30.5. The van der Waals surface area contributed by atoms with Gasteiger partial charge in [-0.1, -0.05) is 12.1 Å². The Hall–Kier alpha value is -2.89. The monoisotopic (exact) mass is 339 g/mol. The molecule has 0 saturated carbocycles. The van der Waals surface area contributed by atoms with Crippen LogP contribution in [0.2, 0.25) is 0 Å². The topological polar surface area (TPSA) is 71.5 Å². The second-order valence-electron chi connectivity index (χ2n) is 6.16. The number of nitrogens with zero attached hydrogens (tertiary/aromatic N) is 2. The number of rotatable bonds is 5. The molecule has 1 N–H and O–H groups in total. The maximum atomic E-state index is 12.4. The van der Waals surface area contributed by atoms with E-state index in [1.807, 2.05) is 37.3 Å². The highest BCUT2D eigenvalue weighted by Crippen LogP contribution is 2.33. The molecule has 0 spiro atoms. The summed E-state index contributed by atoms with van der Waals surface area (Å²) in [5.41, 5.74) is 2.68. The summed E-state index contributed by atoms with van der Waals surface area (Å²) in [6.45, 7) is 2.73. The molecule has 1 fully saturated rings. The smallest absolute Gasteiger partial charge is 0.227 e. The van der Waals surface area contributed by atoms with Gasteiger partial charge in [0.25, 0.3) is 0 Å². The van der Waals surface area contributed by atoms with Crippen molar-refractivity contribution in [3.05, 3.63) is 53.9 Å². The van der Waals surface area contributed by atoms with Crippen molar-refractivity contribution >= 4 is 17.5 Å². The van der Waals surface area contributed by atoms with E-state index < -0.39 is 0 Å². The van der Waals surface area contributed by atoms with Crippen LogP contribution in [0.3, 0.4) is 0 Å². The molecule has 3 rings (SSSR count). The third-order valence-electron chi connectivity index (χ3n) is 4.31. The van der Waals surface area contributed by atoms with Gasteiger partial charge in [0.15, 0.2) is 0 Å². The molecule has 0 aliphatic carbocycles. The Morgan fingerprint density at radius 2 is 2.24 bits per heavy atom. The van der Waals surface area contributed by atoms with Crippen LogP contribution in [0.25, 0.3) is 0 Å². The molecule has 25 heavy (non-hydrogen) atoms. The van der Waals surface area contributed by atoms with Crippen LogP contribution in [0.5, 0.6) is 5.75 Å². The van der Waals surface area contributed by atoms with E-state index in [1.54, 1.807) is 24.4 Å². The number of methoxy groups -OCH3 is 1. The summed E-state index contributed by atoms with van der Waals surface area (Å²) in [7, 11) is 1.58. The van der Waals surface area contributed by atoms with Crippen molar-refractivity contribution in [2.45, 2.75) is 19.9 Å². The number of nitrogens with one attached hydrogen (secondary N) is 1. The first-order chi connectivity index (χ1) is 12.1. The molecule has 0 radical (unpaired) electrons. The van der Waals surface area contributed by atoms with E-state index >= 15 is 0 Å². The van der Waals surface area contributed by atoms with Crippen LogP contribution >= 0.6 is 0 Å². The number of anilines is 1. The summed E-state index contributed by atoms with van der Waals surface area (Å²) in [6.07, 6.45) is 3.61. The first-order valence-electron chi connectivity index (χ1n) is 8.20. The summed E-state index contributed by atoms with van der Waals surface area (Å²) in [5.74, 6) is 0.0847. The number of aromatic nitrogens is 1. The molecule has 2 aromatic rings. The van der Waals surface area contributed by atoms with Gasteiger partial charge in [-0.05, 0) is 36.2 Å². The largest absolute Gasteiger partial charge is 0.495 e. The lowest BCUT2D eigenvalue weighted by atomic mass is 10.1. The third kappa shape index (κ3) is 3.79. The van der Waals surface area contributed by atoms with Gasteiger partial charge in [0.1, 0.15) is 5.75 Å². The van der Waals surface area contributed by atoms with Crippen molar-refractivity contribution in [1.82, 2.24) is 10.3 Å². The number of carbonyl (C=O) groups is 2. The van der Waals surface area contributed by atoms with Crippen LogP contribution in [0.15, 0.2) is 42.7 Å². The molecule has 1 aliphatic rings. The minimum absolute atomic E-state index is 0.0644. The van der Waals surface area contributed by atoms with Gasteiger partial charge in [0, 0.05) is 31.9 Å². The Kier molecular flexibility index (Phi) is 4.97. The predicted molar refractivity (Wildman–Crippen MR) is 94.3 cm³/mol. The molecule has 0 bridgehead atoms. The van der Waals surface area contributed by atoms with E-state index in [0.29, 0.717) is 18.8 Å². The average molecular weight is 339 g/mol. The van der Waals surface area contributed by atoms with Crippen molar-refractivity contribution in [2.24, 2.45) is 5.92 Å². The third-order valence-corrected chi connectivity index (χ3v) is 4.31. The van der Waals surface area contributed by atoms with E-state index in [9.17, 15) is 9.59 Å². The van der Waals surface area contributed by atoms with Gasteiger partial charge >= 0.3 is 0 Å². The minimum Gasteiger partial charge on any atom is -0.495 e. The highest BCUT2D eigenvalue weighted by Gasteiger charge is 2.36. The van der Waals surface area contributed by atoms with Crippen LogP contribution < -0.4 is 15.0 Å². The van der Waals surface area contributed by atoms with E-state index in [-0.39, 0.29) is 24.2 Å². The molecule has 6 heteroatoms. The van der Waals surface area contributed by atoms with Gasteiger partial charge in [-0.2, -0.15) is 0 Å². The number of hydrogen-bond acceptors (Lipinski definition) is 4. The number of carbonyl (C=O) groups excluding carboxylic acids is 2. The highest BCUT2D eigenvalue weighted by atomic mass is 16.5. The van der Waals surface area contributed by atoms with Gasteiger partial charge in [-0.15, -0.1) is 0 Å². The normalized spacial score (nSPS) is 16.8. The zero-order chi connectivity index (χ0) is 17.8. The molecule has 6 nitrogen and oxygen atoms in total. The Morgan fingerprint density at radius 1 is 1.40 bits per heavy atom. The van der Waals surface area contributed by atoms with Crippen LogP contribution in [0.4, 0.5) is 5.69 Å². The molecule has 1 aromatic heterocycles. The Bertz CT molecular complexity index is 777. The molecule has 130 valence electrons. The molecule has 1 aliphatic heterocycles. The zero-order valence-electron chi connectivity index (χ0n) is 14.4. The van der Waals surface area contributed by atoms with E-state index in [2.05, 4.69) is 10.3 Å². The zero-order valence-corrected chi connectivity index (χ0v) is 14.4. The van der Waals surface area contributed by atoms with E-state index in [4.69, 9.17) is 4.74 Å². The number of benzene rings is 1. The number of pyridine rings is 1. The summed E-state index contributed by atoms with van der Waals surface area (Å²) in [6, 6.07) is 9.41.